The SMILES string of the molecule is CC1(C)C(O)CC1Nc1cccc(S(C)(=O)=O)c1. The van der Waals surface area contributed by atoms with Crippen molar-refractivity contribution in [1.29, 1.82) is 0 Å². The van der Waals surface area contributed by atoms with Crippen LogP contribution in [0.15, 0.2) is 29.2 Å². The van der Waals surface area contributed by atoms with Crippen molar-refractivity contribution in [3.63, 3.8) is 0 Å². The lowest BCUT2D eigenvalue weighted by Gasteiger charge is -2.49. The van der Waals surface area contributed by atoms with Crippen LogP contribution in [0.4, 0.5) is 5.69 Å². The first-order chi connectivity index (χ1) is 8.21. The molecule has 2 rings (SSSR count). The van der Waals surface area contributed by atoms with E-state index in [0.29, 0.717) is 11.3 Å². The molecule has 0 aliphatic heterocycles. The lowest BCUT2D eigenvalue weighted by Crippen LogP contribution is -2.56. The summed E-state index contributed by atoms with van der Waals surface area (Å²) in [6.07, 6.45) is 1.59. The van der Waals surface area contributed by atoms with Gasteiger partial charge in [0.15, 0.2) is 9.84 Å². The topological polar surface area (TPSA) is 66.4 Å². The maximum Gasteiger partial charge on any atom is 0.175 e. The molecule has 18 heavy (non-hydrogen) atoms. The van der Waals surface area contributed by atoms with Gasteiger partial charge in [-0.05, 0) is 24.6 Å². The summed E-state index contributed by atoms with van der Waals surface area (Å²) >= 11 is 0. The molecule has 0 bridgehead atoms. The van der Waals surface area contributed by atoms with Crippen LogP contribution in [0.25, 0.3) is 0 Å². The Hall–Kier alpha value is -1.07. The highest BCUT2D eigenvalue weighted by atomic mass is 32.2. The van der Waals surface area contributed by atoms with E-state index in [1.54, 1.807) is 18.2 Å². The average Bonchev–Trinajstić information content (AvgIpc) is 2.28. The smallest absolute Gasteiger partial charge is 0.175 e. The molecule has 1 aromatic rings. The zero-order valence-electron chi connectivity index (χ0n) is 10.8. The average molecular weight is 269 g/mol. The van der Waals surface area contributed by atoms with Crippen LogP contribution in [0.3, 0.4) is 0 Å². The Morgan fingerprint density at radius 2 is 2.06 bits per heavy atom. The Kier molecular flexibility index (Phi) is 3.15. The minimum absolute atomic E-state index is 0.169. The largest absolute Gasteiger partial charge is 0.392 e. The van der Waals surface area contributed by atoms with E-state index in [2.05, 4.69) is 5.32 Å². The number of nitrogens with one attached hydrogen (secondary N) is 1. The molecule has 0 spiro atoms. The van der Waals surface area contributed by atoms with Crippen molar-refractivity contribution in [2.24, 2.45) is 5.41 Å². The van der Waals surface area contributed by atoms with Gasteiger partial charge >= 0.3 is 0 Å². The number of hydrogen-bond donors (Lipinski definition) is 2. The summed E-state index contributed by atoms with van der Waals surface area (Å²) in [5.41, 5.74) is 0.601. The Balaban J connectivity index is 2.17. The molecule has 4 nitrogen and oxygen atoms in total. The molecule has 1 aromatic carbocycles. The maximum atomic E-state index is 11.5. The molecule has 2 atom stereocenters. The summed E-state index contributed by atoms with van der Waals surface area (Å²) in [5.74, 6) is 0. The molecule has 0 heterocycles. The molecule has 2 unspecified atom stereocenters. The molecule has 2 N–H and O–H groups in total. The normalized spacial score (nSPS) is 26.4. The van der Waals surface area contributed by atoms with Gasteiger partial charge in [-0.3, -0.25) is 0 Å². The fraction of sp³-hybridized carbons (Fsp3) is 0.538. The summed E-state index contributed by atoms with van der Waals surface area (Å²) in [5, 5.41) is 13.0. The Morgan fingerprint density at radius 3 is 2.56 bits per heavy atom. The second-order valence-corrected chi connectivity index (χ2v) is 7.59. The first-order valence-electron chi connectivity index (χ1n) is 5.96. The summed E-state index contributed by atoms with van der Waals surface area (Å²) in [6, 6.07) is 6.95. The van der Waals surface area contributed by atoms with Crippen LogP contribution in [0.5, 0.6) is 0 Å². The van der Waals surface area contributed by atoms with E-state index in [-0.39, 0.29) is 17.6 Å². The van der Waals surface area contributed by atoms with Crippen LogP contribution in [0.2, 0.25) is 0 Å². The molecule has 0 saturated heterocycles. The van der Waals surface area contributed by atoms with Crippen molar-refractivity contribution < 1.29 is 13.5 Å². The molecule has 0 amide bonds. The highest BCUT2D eigenvalue weighted by Gasteiger charge is 2.47. The first-order valence-corrected chi connectivity index (χ1v) is 7.85. The van der Waals surface area contributed by atoms with Gasteiger partial charge in [-0.1, -0.05) is 19.9 Å². The maximum absolute atomic E-state index is 11.5. The van der Waals surface area contributed by atoms with Crippen molar-refractivity contribution in [2.45, 2.75) is 37.3 Å². The monoisotopic (exact) mass is 269 g/mol. The summed E-state index contributed by atoms with van der Waals surface area (Å²) < 4.78 is 22.9. The van der Waals surface area contributed by atoms with E-state index in [1.165, 1.54) is 6.26 Å². The van der Waals surface area contributed by atoms with Gasteiger partial charge in [0.25, 0.3) is 0 Å². The third-order valence-electron chi connectivity index (χ3n) is 3.82. The molecular formula is C13H19NO3S. The van der Waals surface area contributed by atoms with Gasteiger partial charge in [-0.2, -0.15) is 0 Å². The zero-order valence-corrected chi connectivity index (χ0v) is 11.7. The van der Waals surface area contributed by atoms with Crippen molar-refractivity contribution in [3.05, 3.63) is 24.3 Å². The molecule has 5 heteroatoms. The summed E-state index contributed by atoms with van der Waals surface area (Å²) in [4.78, 5) is 0.310. The molecule has 100 valence electrons. The highest BCUT2D eigenvalue weighted by Crippen LogP contribution is 2.42. The van der Waals surface area contributed by atoms with Crippen LogP contribution >= 0.6 is 0 Å². The highest BCUT2D eigenvalue weighted by molar-refractivity contribution is 7.90. The molecule has 1 aliphatic rings. The number of anilines is 1. The van der Waals surface area contributed by atoms with Crippen LogP contribution in [-0.4, -0.2) is 31.9 Å². The third kappa shape index (κ3) is 2.37. The Labute approximate surface area is 108 Å². The molecular weight excluding hydrogens is 250 g/mol. The van der Waals surface area contributed by atoms with Gasteiger partial charge in [-0.15, -0.1) is 0 Å². The van der Waals surface area contributed by atoms with Crippen LogP contribution in [-0.2, 0) is 9.84 Å². The van der Waals surface area contributed by atoms with E-state index in [1.807, 2.05) is 19.9 Å². The summed E-state index contributed by atoms with van der Waals surface area (Å²) in [7, 11) is -3.18. The number of rotatable bonds is 3. The molecule has 0 radical (unpaired) electrons. The molecule has 1 fully saturated rings. The van der Waals surface area contributed by atoms with Gasteiger partial charge in [-0.25, -0.2) is 8.42 Å². The minimum atomic E-state index is -3.18. The summed E-state index contributed by atoms with van der Waals surface area (Å²) in [6.45, 7) is 4.00. The van der Waals surface area contributed by atoms with E-state index >= 15 is 0 Å². The minimum Gasteiger partial charge on any atom is -0.392 e. The predicted molar refractivity (Wildman–Crippen MR) is 71.4 cm³/mol. The Bertz CT molecular complexity index is 551. The fourth-order valence-electron chi connectivity index (χ4n) is 2.17. The lowest BCUT2D eigenvalue weighted by molar-refractivity contribution is -0.0510. The first kappa shape index (κ1) is 13.4. The van der Waals surface area contributed by atoms with Crippen molar-refractivity contribution in [2.75, 3.05) is 11.6 Å². The van der Waals surface area contributed by atoms with Crippen molar-refractivity contribution >= 4 is 15.5 Å². The number of hydrogen-bond acceptors (Lipinski definition) is 4. The second kappa shape index (κ2) is 4.24. The van der Waals surface area contributed by atoms with Gasteiger partial charge in [0.1, 0.15) is 0 Å². The van der Waals surface area contributed by atoms with E-state index < -0.39 is 9.84 Å². The number of benzene rings is 1. The van der Waals surface area contributed by atoms with Gasteiger partial charge in [0.2, 0.25) is 0 Å². The molecule has 1 aliphatic carbocycles. The van der Waals surface area contributed by atoms with Crippen molar-refractivity contribution in [3.8, 4) is 0 Å². The molecule has 0 aromatic heterocycles. The van der Waals surface area contributed by atoms with Gasteiger partial charge in [0.05, 0.1) is 11.0 Å². The van der Waals surface area contributed by atoms with Crippen LogP contribution in [0, 0.1) is 5.41 Å². The van der Waals surface area contributed by atoms with Gasteiger partial charge in [0, 0.05) is 23.4 Å². The Morgan fingerprint density at radius 1 is 1.39 bits per heavy atom. The predicted octanol–water partition coefficient (Wildman–Crippen LogP) is 1.66. The van der Waals surface area contributed by atoms with Crippen LogP contribution in [0.1, 0.15) is 20.3 Å². The standard InChI is InChI=1S/C13H19NO3S/c1-13(2)11(8-12(13)15)14-9-5-4-6-10(7-9)18(3,16)17/h4-7,11-12,14-15H,8H2,1-3H3. The van der Waals surface area contributed by atoms with E-state index in [0.717, 1.165) is 5.69 Å². The van der Waals surface area contributed by atoms with Crippen molar-refractivity contribution in [1.82, 2.24) is 0 Å². The molecule has 1 saturated carbocycles. The van der Waals surface area contributed by atoms with E-state index in [9.17, 15) is 13.5 Å². The zero-order chi connectivity index (χ0) is 13.6. The quantitative estimate of drug-likeness (QED) is 0.876. The number of sulfone groups is 1. The number of aliphatic hydroxyl groups excluding tert-OH is 1. The van der Waals surface area contributed by atoms with Gasteiger partial charge < -0.3 is 10.4 Å². The fourth-order valence-corrected chi connectivity index (χ4v) is 2.83. The second-order valence-electron chi connectivity index (χ2n) is 5.57. The third-order valence-corrected chi connectivity index (χ3v) is 4.93. The lowest BCUT2D eigenvalue weighted by atomic mass is 9.64. The van der Waals surface area contributed by atoms with E-state index in [4.69, 9.17) is 0 Å². The number of aliphatic hydroxyl groups is 1. The van der Waals surface area contributed by atoms with Crippen LogP contribution < -0.4 is 5.32 Å².